The molecule has 15 heavy (non-hydrogen) atoms. The summed E-state index contributed by atoms with van der Waals surface area (Å²) in [4.78, 5) is 11.7. The van der Waals surface area contributed by atoms with Crippen LogP contribution in [0, 0.1) is 5.92 Å². The van der Waals surface area contributed by atoms with Crippen molar-refractivity contribution in [1.29, 1.82) is 0 Å². The Kier molecular flexibility index (Phi) is 3.57. The highest BCUT2D eigenvalue weighted by Gasteiger charge is 2.39. The largest absolute Gasteiger partial charge is 0.299 e. The molecule has 1 saturated carbocycles. The molecule has 3 atom stereocenters. The summed E-state index contributed by atoms with van der Waals surface area (Å²) in [6.07, 6.45) is 4.95. The van der Waals surface area contributed by atoms with Crippen LogP contribution in [0.3, 0.4) is 0 Å². The fourth-order valence-electron chi connectivity index (χ4n) is 2.84. The number of ketones is 1. The van der Waals surface area contributed by atoms with E-state index in [1.165, 1.54) is 0 Å². The molecule has 3 nitrogen and oxygen atoms in total. The Morgan fingerprint density at radius 3 is 2.80 bits per heavy atom. The molecule has 1 heterocycles. The fraction of sp³-hybridized carbons (Fsp3) is 0.909. The average molecular weight is 229 g/mol. The predicted octanol–water partition coefficient (Wildman–Crippen LogP) is 1.50. The first-order valence-electron chi connectivity index (χ1n) is 5.92. The summed E-state index contributed by atoms with van der Waals surface area (Å²) in [5.41, 5.74) is 0. The number of carbonyl (C=O) groups is 1. The molecule has 0 N–H and O–H groups in total. The number of rotatable bonds is 3. The van der Waals surface area contributed by atoms with E-state index in [2.05, 4.69) is 4.31 Å². The Morgan fingerprint density at radius 1 is 1.40 bits per heavy atom. The highest BCUT2D eigenvalue weighted by atomic mass is 32.2. The summed E-state index contributed by atoms with van der Waals surface area (Å²) in [5, 5.41) is 0. The summed E-state index contributed by atoms with van der Waals surface area (Å²) in [6, 6.07) is 0.279. The van der Waals surface area contributed by atoms with Crippen molar-refractivity contribution < 1.29 is 9.00 Å². The average Bonchev–Trinajstić information content (AvgIpc) is 2.84. The standard InChI is InChI=1S/C11H19NO2S/c1-2-15(14)12-8-4-6-10(12)9-5-3-7-11(9)13/h9-10H,2-8H2,1H3. The Balaban J connectivity index is 2.07. The minimum absolute atomic E-state index is 0.183. The Hall–Kier alpha value is -0.220. The van der Waals surface area contributed by atoms with Gasteiger partial charge in [-0.15, -0.1) is 0 Å². The maximum absolute atomic E-state index is 11.8. The number of carbonyl (C=O) groups excluding carboxylic acids is 1. The molecule has 0 aromatic heterocycles. The van der Waals surface area contributed by atoms with Gasteiger partial charge in [0.15, 0.2) is 0 Å². The van der Waals surface area contributed by atoms with E-state index >= 15 is 0 Å². The number of Topliss-reactive ketones (excluding diaryl/α,β-unsaturated/α-hetero) is 1. The van der Waals surface area contributed by atoms with Gasteiger partial charge in [-0.05, 0) is 25.7 Å². The SMILES string of the molecule is CCS(=O)N1CCCC1C1CCCC1=O. The highest BCUT2D eigenvalue weighted by Crippen LogP contribution is 2.33. The van der Waals surface area contributed by atoms with Crippen LogP contribution in [0.2, 0.25) is 0 Å². The second-order valence-corrected chi connectivity index (χ2v) is 6.11. The molecule has 2 rings (SSSR count). The van der Waals surface area contributed by atoms with Crippen LogP contribution in [0.5, 0.6) is 0 Å². The summed E-state index contributed by atoms with van der Waals surface area (Å²) in [5.74, 6) is 1.26. The van der Waals surface area contributed by atoms with Gasteiger partial charge in [0, 0.05) is 30.7 Å². The minimum atomic E-state index is -0.862. The quantitative estimate of drug-likeness (QED) is 0.735. The lowest BCUT2D eigenvalue weighted by Gasteiger charge is -2.26. The molecule has 2 aliphatic rings. The zero-order chi connectivity index (χ0) is 10.8. The van der Waals surface area contributed by atoms with Crippen molar-refractivity contribution in [3.8, 4) is 0 Å². The summed E-state index contributed by atoms with van der Waals surface area (Å²) < 4.78 is 13.9. The maximum atomic E-state index is 11.8. The smallest absolute Gasteiger partial charge is 0.137 e. The lowest BCUT2D eigenvalue weighted by atomic mass is 9.96. The Bertz CT molecular complexity index is 280. The molecular weight excluding hydrogens is 210 g/mol. The van der Waals surface area contributed by atoms with Crippen LogP contribution >= 0.6 is 0 Å². The van der Waals surface area contributed by atoms with E-state index in [0.29, 0.717) is 11.5 Å². The van der Waals surface area contributed by atoms with Crippen LogP contribution in [0.15, 0.2) is 0 Å². The second-order valence-electron chi connectivity index (χ2n) is 4.43. The second kappa shape index (κ2) is 4.74. The van der Waals surface area contributed by atoms with Crippen molar-refractivity contribution in [2.45, 2.75) is 45.1 Å². The first-order valence-corrected chi connectivity index (χ1v) is 7.19. The van der Waals surface area contributed by atoms with Gasteiger partial charge in [0.25, 0.3) is 0 Å². The first-order chi connectivity index (χ1) is 7.24. The van der Waals surface area contributed by atoms with Gasteiger partial charge in [-0.1, -0.05) is 6.92 Å². The summed E-state index contributed by atoms with van der Waals surface area (Å²) >= 11 is 0. The monoisotopic (exact) mass is 229 g/mol. The summed E-state index contributed by atoms with van der Waals surface area (Å²) in [6.45, 7) is 2.86. The molecule has 0 radical (unpaired) electrons. The molecule has 1 aliphatic heterocycles. The molecule has 0 aromatic carbocycles. The van der Waals surface area contributed by atoms with Crippen molar-refractivity contribution in [2.24, 2.45) is 5.92 Å². The molecule has 3 unspecified atom stereocenters. The van der Waals surface area contributed by atoms with E-state index in [4.69, 9.17) is 0 Å². The normalized spacial score (nSPS) is 34.9. The zero-order valence-electron chi connectivity index (χ0n) is 9.28. The van der Waals surface area contributed by atoms with Gasteiger partial charge in [-0.2, -0.15) is 0 Å². The van der Waals surface area contributed by atoms with Crippen LogP contribution < -0.4 is 0 Å². The fourth-order valence-corrected chi connectivity index (χ4v) is 4.05. The topological polar surface area (TPSA) is 37.4 Å². The van der Waals surface area contributed by atoms with Crippen molar-refractivity contribution in [1.82, 2.24) is 4.31 Å². The molecule has 4 heteroatoms. The van der Waals surface area contributed by atoms with Crippen molar-refractivity contribution in [2.75, 3.05) is 12.3 Å². The molecule has 0 spiro atoms. The van der Waals surface area contributed by atoms with E-state index in [0.717, 1.165) is 38.6 Å². The van der Waals surface area contributed by atoms with Gasteiger partial charge in [-0.25, -0.2) is 8.51 Å². The van der Waals surface area contributed by atoms with E-state index < -0.39 is 11.0 Å². The zero-order valence-corrected chi connectivity index (χ0v) is 10.1. The van der Waals surface area contributed by atoms with E-state index in [1.807, 2.05) is 6.92 Å². The van der Waals surface area contributed by atoms with Crippen molar-refractivity contribution in [3.63, 3.8) is 0 Å². The van der Waals surface area contributed by atoms with Gasteiger partial charge >= 0.3 is 0 Å². The maximum Gasteiger partial charge on any atom is 0.137 e. The molecule has 0 bridgehead atoms. The predicted molar refractivity (Wildman–Crippen MR) is 60.8 cm³/mol. The number of hydrogen-bond acceptors (Lipinski definition) is 2. The van der Waals surface area contributed by atoms with E-state index in [9.17, 15) is 9.00 Å². The molecule has 1 aliphatic carbocycles. The first kappa shape index (κ1) is 11.3. The Morgan fingerprint density at radius 2 is 2.20 bits per heavy atom. The Labute approximate surface area is 93.8 Å². The van der Waals surface area contributed by atoms with Crippen LogP contribution in [0.1, 0.15) is 39.0 Å². The third-order valence-electron chi connectivity index (χ3n) is 3.57. The molecule has 0 aromatic rings. The lowest BCUT2D eigenvalue weighted by molar-refractivity contribution is -0.121. The van der Waals surface area contributed by atoms with E-state index in [1.54, 1.807) is 0 Å². The van der Waals surface area contributed by atoms with Crippen LogP contribution in [0.4, 0.5) is 0 Å². The molecule has 2 fully saturated rings. The van der Waals surface area contributed by atoms with Crippen LogP contribution in [0.25, 0.3) is 0 Å². The number of hydrogen-bond donors (Lipinski definition) is 0. The highest BCUT2D eigenvalue weighted by molar-refractivity contribution is 7.82. The van der Waals surface area contributed by atoms with E-state index in [-0.39, 0.29) is 12.0 Å². The van der Waals surface area contributed by atoms with Gasteiger partial charge in [-0.3, -0.25) is 4.79 Å². The van der Waals surface area contributed by atoms with Gasteiger partial charge in [0.2, 0.25) is 0 Å². The molecule has 86 valence electrons. The lowest BCUT2D eigenvalue weighted by Crippen LogP contribution is -2.39. The van der Waals surface area contributed by atoms with Gasteiger partial charge in [0.1, 0.15) is 5.78 Å². The number of nitrogens with zero attached hydrogens (tertiary/aromatic N) is 1. The third kappa shape index (κ3) is 2.16. The molecular formula is C11H19NO2S. The third-order valence-corrected chi connectivity index (χ3v) is 5.04. The van der Waals surface area contributed by atoms with Gasteiger partial charge in [0.05, 0.1) is 11.0 Å². The minimum Gasteiger partial charge on any atom is -0.299 e. The molecule has 1 saturated heterocycles. The van der Waals surface area contributed by atoms with Crippen LogP contribution in [-0.4, -0.2) is 32.6 Å². The van der Waals surface area contributed by atoms with Crippen molar-refractivity contribution >= 4 is 16.8 Å². The van der Waals surface area contributed by atoms with Crippen molar-refractivity contribution in [3.05, 3.63) is 0 Å². The molecule has 0 amide bonds. The van der Waals surface area contributed by atoms with Gasteiger partial charge < -0.3 is 0 Å². The van der Waals surface area contributed by atoms with Crippen LogP contribution in [-0.2, 0) is 15.8 Å². The summed E-state index contributed by atoms with van der Waals surface area (Å²) in [7, 11) is -0.862.